The summed E-state index contributed by atoms with van der Waals surface area (Å²) in [5.74, 6) is 2.76. The van der Waals surface area contributed by atoms with Crippen LogP contribution >= 0.6 is 0 Å². The van der Waals surface area contributed by atoms with E-state index in [0.717, 1.165) is 64.6 Å². The molecule has 26 heavy (non-hydrogen) atoms. The fourth-order valence-electron chi connectivity index (χ4n) is 3.94. The van der Waals surface area contributed by atoms with Gasteiger partial charge in [0.15, 0.2) is 0 Å². The average Bonchev–Trinajstić information content (AvgIpc) is 3.03. The second-order valence-corrected chi connectivity index (χ2v) is 7.75. The normalized spacial score (nSPS) is 23.5. The molecule has 3 rings (SSSR count). The van der Waals surface area contributed by atoms with E-state index in [1.807, 2.05) is 0 Å². The largest absolute Gasteiger partial charge is 0.379 e. The maximum atomic E-state index is 5.44. The van der Waals surface area contributed by atoms with Crippen LogP contribution in [-0.2, 0) is 18.3 Å². The zero-order valence-electron chi connectivity index (χ0n) is 16.8. The fourth-order valence-corrected chi connectivity index (χ4v) is 3.94. The first-order chi connectivity index (χ1) is 12.7. The van der Waals surface area contributed by atoms with Gasteiger partial charge in [0.25, 0.3) is 0 Å². The lowest BCUT2D eigenvalue weighted by atomic mass is 9.97. The van der Waals surface area contributed by atoms with Gasteiger partial charge in [-0.25, -0.2) is 0 Å². The number of aromatic nitrogens is 3. The van der Waals surface area contributed by atoms with E-state index >= 15 is 0 Å². The molecule has 1 atom stereocenters. The molecule has 146 valence electrons. The number of hydrogen-bond donors (Lipinski definition) is 0. The van der Waals surface area contributed by atoms with Crippen molar-refractivity contribution in [1.82, 2.24) is 24.6 Å². The number of nitrogens with zero attached hydrogens (tertiary/aromatic N) is 5. The first-order valence-corrected chi connectivity index (χ1v) is 10.2. The molecule has 0 spiro atoms. The first kappa shape index (κ1) is 19.5. The van der Waals surface area contributed by atoms with E-state index < -0.39 is 0 Å². The lowest BCUT2D eigenvalue weighted by molar-refractivity contribution is 0.0326. The number of hydrogen-bond acceptors (Lipinski definition) is 5. The van der Waals surface area contributed by atoms with Gasteiger partial charge in [-0.05, 0) is 39.2 Å². The second kappa shape index (κ2) is 9.62. The molecule has 6 nitrogen and oxygen atoms in total. The predicted molar refractivity (Wildman–Crippen MR) is 104 cm³/mol. The van der Waals surface area contributed by atoms with Gasteiger partial charge >= 0.3 is 0 Å². The topological polar surface area (TPSA) is 46.4 Å². The van der Waals surface area contributed by atoms with Gasteiger partial charge in [0.05, 0.1) is 19.8 Å². The molecule has 0 unspecified atom stereocenters. The molecular formula is C20H35N5O. The number of rotatable bonds is 7. The lowest BCUT2D eigenvalue weighted by Crippen LogP contribution is -2.37. The highest BCUT2D eigenvalue weighted by Crippen LogP contribution is 2.26. The minimum Gasteiger partial charge on any atom is -0.379 e. The minimum atomic E-state index is 0.510. The number of morpholine rings is 1. The molecule has 0 saturated carbocycles. The van der Waals surface area contributed by atoms with Crippen molar-refractivity contribution in [2.24, 2.45) is 7.05 Å². The molecule has 0 aromatic carbocycles. The zero-order chi connectivity index (χ0) is 18.4. The average molecular weight is 362 g/mol. The van der Waals surface area contributed by atoms with Crippen LogP contribution in [0.1, 0.15) is 57.1 Å². The summed E-state index contributed by atoms with van der Waals surface area (Å²) in [6.45, 7) is 12.5. The van der Waals surface area contributed by atoms with Gasteiger partial charge in [0.1, 0.15) is 11.6 Å². The molecule has 2 aliphatic rings. The van der Waals surface area contributed by atoms with Crippen LogP contribution in [0.2, 0.25) is 0 Å². The van der Waals surface area contributed by atoms with Crippen molar-refractivity contribution in [3.8, 4) is 0 Å². The number of likely N-dealkylation sites (tertiary alicyclic amines) is 1. The van der Waals surface area contributed by atoms with E-state index in [9.17, 15) is 0 Å². The number of ether oxygens (including phenoxy) is 1. The lowest BCUT2D eigenvalue weighted by Gasteiger charge is -2.32. The van der Waals surface area contributed by atoms with Crippen molar-refractivity contribution >= 4 is 0 Å². The summed E-state index contributed by atoms with van der Waals surface area (Å²) in [7, 11) is 2.14. The van der Waals surface area contributed by atoms with Crippen LogP contribution < -0.4 is 0 Å². The van der Waals surface area contributed by atoms with Crippen molar-refractivity contribution in [3.63, 3.8) is 0 Å². The van der Waals surface area contributed by atoms with Crippen molar-refractivity contribution in [2.45, 2.75) is 52.0 Å². The predicted octanol–water partition coefficient (Wildman–Crippen LogP) is 2.57. The molecule has 2 aliphatic heterocycles. The summed E-state index contributed by atoms with van der Waals surface area (Å²) in [6.07, 6.45) is 7.20. The molecule has 3 heterocycles. The minimum absolute atomic E-state index is 0.510. The molecule has 0 amide bonds. The van der Waals surface area contributed by atoms with Gasteiger partial charge in [-0.3, -0.25) is 4.90 Å². The van der Waals surface area contributed by atoms with E-state index in [1.54, 1.807) is 0 Å². The van der Waals surface area contributed by atoms with E-state index in [-0.39, 0.29) is 0 Å². The summed E-state index contributed by atoms with van der Waals surface area (Å²) in [5, 5.41) is 9.09. The van der Waals surface area contributed by atoms with Crippen LogP contribution in [0, 0.1) is 0 Å². The summed E-state index contributed by atoms with van der Waals surface area (Å²) < 4.78 is 7.68. The van der Waals surface area contributed by atoms with Gasteiger partial charge in [-0.15, -0.1) is 10.2 Å². The highest BCUT2D eigenvalue weighted by atomic mass is 16.5. The molecule has 0 N–H and O–H groups in total. The third-order valence-corrected chi connectivity index (χ3v) is 5.83. The van der Waals surface area contributed by atoms with Crippen LogP contribution in [0.3, 0.4) is 0 Å². The highest BCUT2D eigenvalue weighted by molar-refractivity contribution is 5.04. The maximum Gasteiger partial charge on any atom is 0.146 e. The summed E-state index contributed by atoms with van der Waals surface area (Å²) >= 11 is 0. The van der Waals surface area contributed by atoms with E-state index in [0.29, 0.717) is 5.92 Å². The molecular weight excluding hydrogens is 326 g/mol. The Morgan fingerprint density at radius 1 is 1.19 bits per heavy atom. The van der Waals surface area contributed by atoms with Crippen LogP contribution in [0.25, 0.3) is 0 Å². The summed E-state index contributed by atoms with van der Waals surface area (Å²) in [6, 6.07) is 0. The zero-order valence-corrected chi connectivity index (χ0v) is 16.8. The summed E-state index contributed by atoms with van der Waals surface area (Å²) in [4.78, 5) is 5.01. The Balaban J connectivity index is 1.56. The highest BCUT2D eigenvalue weighted by Gasteiger charge is 2.26. The Morgan fingerprint density at radius 3 is 2.77 bits per heavy atom. The van der Waals surface area contributed by atoms with Crippen LogP contribution in [0.15, 0.2) is 11.6 Å². The van der Waals surface area contributed by atoms with Gasteiger partial charge in [0.2, 0.25) is 0 Å². The number of allylic oxidation sites excluding steroid dienone is 1. The third kappa shape index (κ3) is 5.15. The fraction of sp³-hybridized carbons (Fsp3) is 0.800. The Morgan fingerprint density at radius 2 is 2.00 bits per heavy atom. The molecule has 0 radical (unpaired) electrons. The van der Waals surface area contributed by atoms with Crippen molar-refractivity contribution in [1.29, 1.82) is 0 Å². The second-order valence-electron chi connectivity index (χ2n) is 7.75. The maximum absolute atomic E-state index is 5.44. The van der Waals surface area contributed by atoms with Gasteiger partial charge < -0.3 is 14.2 Å². The number of piperidine rings is 1. The van der Waals surface area contributed by atoms with Gasteiger partial charge in [-0.2, -0.15) is 0 Å². The Labute approximate surface area is 158 Å². The molecule has 6 heteroatoms. The Kier molecular flexibility index (Phi) is 7.23. The quantitative estimate of drug-likeness (QED) is 0.699. The molecule has 0 aliphatic carbocycles. The van der Waals surface area contributed by atoms with Crippen LogP contribution in [0.4, 0.5) is 0 Å². The Hall–Kier alpha value is -1.24. The molecule has 1 aromatic rings. The van der Waals surface area contributed by atoms with E-state index in [4.69, 9.17) is 4.74 Å². The smallest absolute Gasteiger partial charge is 0.146 e. The SMILES string of the molecule is CC/C(C)=C/CCN1CCC[C@@H](c2nnc(CN3CCOCC3)n2C)C1. The first-order valence-electron chi connectivity index (χ1n) is 10.2. The monoisotopic (exact) mass is 361 g/mol. The van der Waals surface area contributed by atoms with Crippen molar-refractivity contribution < 1.29 is 4.74 Å². The van der Waals surface area contributed by atoms with Crippen LogP contribution in [-0.4, -0.2) is 70.5 Å². The molecule has 2 fully saturated rings. The van der Waals surface area contributed by atoms with E-state index in [1.165, 1.54) is 30.8 Å². The van der Waals surface area contributed by atoms with Crippen molar-refractivity contribution in [3.05, 3.63) is 23.3 Å². The van der Waals surface area contributed by atoms with E-state index in [2.05, 4.69) is 51.5 Å². The molecule has 0 bridgehead atoms. The standard InChI is InChI=1S/C20H35N5O/c1-4-17(2)7-5-9-24-10-6-8-18(15-24)20-22-21-19(23(20)3)16-25-11-13-26-14-12-25/h7,18H,4-6,8-16H2,1-3H3/b17-7+/t18-/m1/s1. The third-order valence-electron chi connectivity index (χ3n) is 5.83. The Bertz CT molecular complexity index is 591. The van der Waals surface area contributed by atoms with Crippen molar-refractivity contribution in [2.75, 3.05) is 45.9 Å². The molecule has 1 aromatic heterocycles. The van der Waals surface area contributed by atoms with Gasteiger partial charge in [0, 0.05) is 39.1 Å². The van der Waals surface area contributed by atoms with Gasteiger partial charge in [-0.1, -0.05) is 18.6 Å². The summed E-state index contributed by atoms with van der Waals surface area (Å²) in [5.41, 5.74) is 1.50. The molecule has 2 saturated heterocycles. The van der Waals surface area contributed by atoms with Crippen LogP contribution in [0.5, 0.6) is 0 Å².